The number of aliphatic hydroxyl groups excluding tert-OH is 3. The Labute approximate surface area is 233 Å². The Kier molecular flexibility index (Phi) is 7.99. The van der Waals surface area contributed by atoms with E-state index in [0.29, 0.717) is 0 Å². The molecule has 5 rings (SSSR count). The summed E-state index contributed by atoms with van der Waals surface area (Å²) < 4.78 is 10.1. The summed E-state index contributed by atoms with van der Waals surface area (Å²) in [5.74, 6) is -2.53. The SMILES string of the molecule is COC(=O)[C@@H]1CS[C@@H]2[C@H](O)[C@@H](O)[C@H](O)[C@H](NC(=O)CNC(=O)OCC3c4ccccc4-c4ccccc43)C(=O)N21. The number of amides is 3. The predicted molar refractivity (Wildman–Crippen MR) is 142 cm³/mol. The van der Waals surface area contributed by atoms with E-state index >= 15 is 0 Å². The number of ether oxygens (including phenoxy) is 2. The quantitative estimate of drug-likeness (QED) is 0.286. The van der Waals surface area contributed by atoms with Crippen molar-refractivity contribution in [2.45, 2.75) is 41.7 Å². The first kappa shape index (κ1) is 27.9. The molecule has 2 aliphatic heterocycles. The van der Waals surface area contributed by atoms with Crippen LogP contribution in [0.3, 0.4) is 0 Å². The molecule has 40 heavy (non-hydrogen) atoms. The fourth-order valence-corrected chi connectivity index (χ4v) is 6.88. The number of benzene rings is 2. The number of nitrogens with one attached hydrogen (secondary N) is 2. The van der Waals surface area contributed by atoms with Gasteiger partial charge in [-0.2, -0.15) is 0 Å². The monoisotopic (exact) mass is 571 g/mol. The van der Waals surface area contributed by atoms with Gasteiger partial charge in [0.2, 0.25) is 11.8 Å². The van der Waals surface area contributed by atoms with E-state index in [0.717, 1.165) is 46.0 Å². The summed E-state index contributed by atoms with van der Waals surface area (Å²) in [7, 11) is 1.15. The highest BCUT2D eigenvalue weighted by atomic mass is 32.2. The molecule has 0 spiro atoms. The van der Waals surface area contributed by atoms with Crippen LogP contribution >= 0.6 is 11.8 Å². The fraction of sp³-hybridized carbons (Fsp3) is 0.407. The number of carbonyl (C=O) groups excluding carboxylic acids is 4. The zero-order chi connectivity index (χ0) is 28.6. The minimum atomic E-state index is -1.87. The Hall–Kier alpha value is -3.65. The van der Waals surface area contributed by atoms with Crippen molar-refractivity contribution in [3.8, 4) is 11.1 Å². The molecule has 0 radical (unpaired) electrons. The van der Waals surface area contributed by atoms with Crippen molar-refractivity contribution in [1.82, 2.24) is 15.5 Å². The zero-order valence-corrected chi connectivity index (χ0v) is 22.2. The average Bonchev–Trinajstić information content (AvgIpc) is 3.54. The summed E-state index contributed by atoms with van der Waals surface area (Å²) in [4.78, 5) is 51.6. The summed E-state index contributed by atoms with van der Waals surface area (Å²) in [5, 5.41) is 35.1. The number of esters is 1. The molecule has 212 valence electrons. The Morgan fingerprint density at radius 2 is 1.60 bits per heavy atom. The number of alkyl carbamates (subject to hydrolysis) is 1. The van der Waals surface area contributed by atoms with Gasteiger partial charge in [-0.3, -0.25) is 9.59 Å². The zero-order valence-electron chi connectivity index (χ0n) is 21.4. The maximum atomic E-state index is 13.3. The van der Waals surface area contributed by atoms with Gasteiger partial charge in [0.1, 0.15) is 48.9 Å². The maximum Gasteiger partial charge on any atom is 0.407 e. The Morgan fingerprint density at radius 1 is 0.975 bits per heavy atom. The van der Waals surface area contributed by atoms with Gasteiger partial charge in [-0.1, -0.05) is 48.5 Å². The molecular weight excluding hydrogens is 542 g/mol. The largest absolute Gasteiger partial charge is 0.467 e. The molecule has 3 amide bonds. The molecule has 3 aliphatic rings. The third kappa shape index (κ3) is 5.01. The Bertz CT molecular complexity index is 1280. The fourth-order valence-electron chi connectivity index (χ4n) is 5.44. The molecule has 13 heteroatoms. The minimum absolute atomic E-state index is 0.0360. The van der Waals surface area contributed by atoms with E-state index in [-0.39, 0.29) is 18.3 Å². The third-order valence-corrected chi connectivity index (χ3v) is 8.77. The Balaban J connectivity index is 1.20. The number of methoxy groups -OCH3 is 1. The normalized spacial score (nSPS) is 27.2. The van der Waals surface area contributed by atoms with Crippen LogP contribution in [0.4, 0.5) is 4.79 Å². The van der Waals surface area contributed by atoms with E-state index in [9.17, 15) is 34.5 Å². The number of hydrogen-bond donors (Lipinski definition) is 5. The molecule has 2 aromatic carbocycles. The summed E-state index contributed by atoms with van der Waals surface area (Å²) in [6.45, 7) is -0.557. The van der Waals surface area contributed by atoms with E-state index in [4.69, 9.17) is 9.47 Å². The number of hydrogen-bond acceptors (Lipinski definition) is 10. The van der Waals surface area contributed by atoms with Crippen molar-refractivity contribution < 1.29 is 44.0 Å². The summed E-state index contributed by atoms with van der Waals surface area (Å²) in [6, 6.07) is 12.9. The molecule has 0 unspecified atom stereocenters. The molecule has 1 aliphatic carbocycles. The second-order valence-electron chi connectivity index (χ2n) is 9.70. The number of carbonyl (C=O) groups is 4. The molecule has 0 bridgehead atoms. The highest BCUT2D eigenvalue weighted by Crippen LogP contribution is 2.44. The lowest BCUT2D eigenvalue weighted by molar-refractivity contribution is -0.153. The van der Waals surface area contributed by atoms with Gasteiger partial charge in [0, 0.05) is 11.7 Å². The van der Waals surface area contributed by atoms with Crippen LogP contribution < -0.4 is 10.6 Å². The third-order valence-electron chi connectivity index (χ3n) is 7.42. The average molecular weight is 572 g/mol. The lowest BCUT2D eigenvalue weighted by atomic mass is 9.98. The molecule has 0 saturated carbocycles. The standard InChI is InChI=1S/C27H29N3O9S/c1-38-26(36)18-12-40-25-23(34)22(33)21(32)20(24(35)30(18)25)29-19(31)10-28-27(37)39-11-17-15-8-4-2-6-13(15)14-7-3-5-9-16(14)17/h2-9,17-18,20-23,25,32-34H,10-12H2,1H3,(H,28,37)(H,29,31)/t18-,20-,21+,22-,23+,25+/m0/s1. The van der Waals surface area contributed by atoms with Gasteiger partial charge in [-0.05, 0) is 22.3 Å². The first-order valence-corrected chi connectivity index (χ1v) is 13.7. The van der Waals surface area contributed by atoms with Crippen LogP contribution in [0, 0.1) is 0 Å². The van der Waals surface area contributed by atoms with Crippen molar-refractivity contribution in [3.63, 3.8) is 0 Å². The minimum Gasteiger partial charge on any atom is -0.467 e. The Morgan fingerprint density at radius 3 is 2.23 bits per heavy atom. The van der Waals surface area contributed by atoms with Gasteiger partial charge < -0.3 is 40.3 Å². The summed E-state index contributed by atoms with van der Waals surface area (Å²) in [6.07, 6.45) is -6.10. The summed E-state index contributed by atoms with van der Waals surface area (Å²) >= 11 is 1.05. The van der Waals surface area contributed by atoms with Gasteiger partial charge in [0.15, 0.2) is 0 Å². The molecule has 2 heterocycles. The maximum absolute atomic E-state index is 13.3. The van der Waals surface area contributed by atoms with Crippen LogP contribution in [0.2, 0.25) is 0 Å². The van der Waals surface area contributed by atoms with Crippen molar-refractivity contribution in [2.75, 3.05) is 26.0 Å². The number of fused-ring (bicyclic) bond motifs is 4. The molecular formula is C27H29N3O9S. The van der Waals surface area contributed by atoms with Crippen molar-refractivity contribution in [1.29, 1.82) is 0 Å². The molecule has 2 aromatic rings. The first-order valence-electron chi connectivity index (χ1n) is 12.7. The van der Waals surface area contributed by atoms with Gasteiger partial charge >= 0.3 is 12.1 Å². The van der Waals surface area contributed by atoms with Gasteiger partial charge in [-0.15, -0.1) is 11.8 Å². The van der Waals surface area contributed by atoms with E-state index < -0.39 is 66.2 Å². The molecule has 5 N–H and O–H groups in total. The molecule has 12 nitrogen and oxygen atoms in total. The smallest absolute Gasteiger partial charge is 0.407 e. The van der Waals surface area contributed by atoms with E-state index in [1.54, 1.807) is 0 Å². The van der Waals surface area contributed by atoms with E-state index in [1.807, 2.05) is 48.5 Å². The highest BCUT2D eigenvalue weighted by Gasteiger charge is 2.54. The lowest BCUT2D eigenvalue weighted by Crippen LogP contribution is -2.58. The molecule has 2 saturated heterocycles. The number of thioether (sulfide) groups is 1. The van der Waals surface area contributed by atoms with E-state index in [2.05, 4.69) is 10.6 Å². The first-order chi connectivity index (χ1) is 19.2. The van der Waals surface area contributed by atoms with E-state index in [1.165, 1.54) is 0 Å². The van der Waals surface area contributed by atoms with Crippen molar-refractivity contribution in [2.24, 2.45) is 0 Å². The van der Waals surface area contributed by atoms with Crippen LogP contribution in [-0.2, 0) is 23.9 Å². The van der Waals surface area contributed by atoms with Gasteiger partial charge in [-0.25, -0.2) is 9.59 Å². The number of aliphatic hydroxyl groups is 3. The molecule has 6 atom stereocenters. The predicted octanol–water partition coefficient (Wildman–Crippen LogP) is -0.451. The molecule has 0 aromatic heterocycles. The van der Waals surface area contributed by atoms with Crippen LogP contribution in [-0.4, -0.2) is 106 Å². The second-order valence-corrected chi connectivity index (χ2v) is 10.9. The van der Waals surface area contributed by atoms with Crippen molar-refractivity contribution >= 4 is 35.6 Å². The number of rotatable bonds is 6. The van der Waals surface area contributed by atoms with Crippen LogP contribution in [0.15, 0.2) is 48.5 Å². The number of nitrogens with zero attached hydrogens (tertiary/aromatic N) is 1. The van der Waals surface area contributed by atoms with Crippen LogP contribution in [0.5, 0.6) is 0 Å². The highest BCUT2D eigenvalue weighted by molar-refractivity contribution is 8.00. The molecule has 2 fully saturated rings. The van der Waals surface area contributed by atoms with Crippen molar-refractivity contribution in [3.05, 3.63) is 59.7 Å². The van der Waals surface area contributed by atoms with Crippen LogP contribution in [0.1, 0.15) is 17.0 Å². The van der Waals surface area contributed by atoms with Gasteiger partial charge in [0.25, 0.3) is 0 Å². The topological polar surface area (TPSA) is 175 Å². The lowest BCUT2D eigenvalue weighted by Gasteiger charge is -2.30. The van der Waals surface area contributed by atoms with Gasteiger partial charge in [0.05, 0.1) is 7.11 Å². The summed E-state index contributed by atoms with van der Waals surface area (Å²) in [5.41, 5.74) is 4.19. The second kappa shape index (κ2) is 11.5. The van der Waals surface area contributed by atoms with Crippen LogP contribution in [0.25, 0.3) is 11.1 Å².